The van der Waals surface area contributed by atoms with Gasteiger partial charge in [-0.3, -0.25) is 4.79 Å². The Bertz CT molecular complexity index is 479. The molecule has 2 heterocycles. The Balaban J connectivity index is 2.11. The molecule has 2 aromatic heterocycles. The van der Waals surface area contributed by atoms with E-state index in [0.29, 0.717) is 5.69 Å². The van der Waals surface area contributed by atoms with Gasteiger partial charge in [0.2, 0.25) is 5.91 Å². The summed E-state index contributed by atoms with van der Waals surface area (Å²) in [6.07, 6.45) is -0.977. The maximum atomic E-state index is 10.7. The van der Waals surface area contributed by atoms with Crippen molar-refractivity contribution in [2.75, 3.05) is 0 Å². The van der Waals surface area contributed by atoms with Crippen LogP contribution in [0, 0.1) is 0 Å². The van der Waals surface area contributed by atoms with Crippen molar-refractivity contribution in [3.63, 3.8) is 0 Å². The van der Waals surface area contributed by atoms with E-state index in [-0.39, 0.29) is 6.42 Å². The molecule has 16 heavy (non-hydrogen) atoms. The van der Waals surface area contributed by atoms with Crippen LogP contribution >= 0.6 is 22.7 Å². The molecule has 2 rings (SSSR count). The number of hydrogen-bond donors (Lipinski definition) is 2. The standard InChI is InChI=1S/C10H10N2O2S2/c11-9(14)7(13)4-6-5-16-10(12-6)8-2-1-3-15-8/h1-3,5,7,13H,4H2,(H2,11,14). The summed E-state index contributed by atoms with van der Waals surface area (Å²) in [4.78, 5) is 16.1. The minimum atomic E-state index is -1.15. The molecular weight excluding hydrogens is 244 g/mol. The minimum Gasteiger partial charge on any atom is -0.383 e. The van der Waals surface area contributed by atoms with Crippen molar-refractivity contribution in [1.29, 1.82) is 0 Å². The van der Waals surface area contributed by atoms with Gasteiger partial charge >= 0.3 is 0 Å². The molecule has 6 heteroatoms. The number of carbonyl (C=O) groups excluding carboxylic acids is 1. The van der Waals surface area contributed by atoms with Crippen LogP contribution in [0.15, 0.2) is 22.9 Å². The van der Waals surface area contributed by atoms with Crippen LogP contribution in [0.25, 0.3) is 9.88 Å². The first-order valence-corrected chi connectivity index (χ1v) is 6.38. The first-order chi connectivity index (χ1) is 7.66. The van der Waals surface area contributed by atoms with Crippen LogP contribution in [0.3, 0.4) is 0 Å². The molecule has 3 N–H and O–H groups in total. The third kappa shape index (κ3) is 2.46. The predicted octanol–water partition coefficient (Wildman–Crippen LogP) is 1.26. The van der Waals surface area contributed by atoms with Gasteiger partial charge in [0.25, 0.3) is 0 Å². The van der Waals surface area contributed by atoms with Crippen molar-refractivity contribution in [2.45, 2.75) is 12.5 Å². The lowest BCUT2D eigenvalue weighted by molar-refractivity contribution is -0.125. The Kier molecular flexibility index (Phi) is 3.33. The molecular formula is C10H10N2O2S2. The van der Waals surface area contributed by atoms with Gasteiger partial charge in [0.1, 0.15) is 11.1 Å². The van der Waals surface area contributed by atoms with E-state index < -0.39 is 12.0 Å². The lowest BCUT2D eigenvalue weighted by Gasteiger charge is -2.02. The molecule has 0 aliphatic heterocycles. The van der Waals surface area contributed by atoms with Crippen molar-refractivity contribution in [2.24, 2.45) is 5.73 Å². The summed E-state index contributed by atoms with van der Waals surface area (Å²) in [5.41, 5.74) is 5.67. The number of carbonyl (C=O) groups is 1. The molecule has 1 atom stereocenters. The highest BCUT2D eigenvalue weighted by Gasteiger charge is 2.14. The smallest absolute Gasteiger partial charge is 0.246 e. The van der Waals surface area contributed by atoms with Gasteiger partial charge in [-0.15, -0.1) is 22.7 Å². The van der Waals surface area contributed by atoms with Gasteiger partial charge in [-0.1, -0.05) is 6.07 Å². The average molecular weight is 254 g/mol. The molecule has 0 radical (unpaired) electrons. The number of aliphatic hydroxyl groups excluding tert-OH is 1. The molecule has 0 saturated heterocycles. The summed E-state index contributed by atoms with van der Waals surface area (Å²) < 4.78 is 0. The Morgan fingerprint density at radius 1 is 1.56 bits per heavy atom. The number of thiazole rings is 1. The second-order valence-corrected chi connectivity index (χ2v) is 5.05. The SMILES string of the molecule is NC(=O)C(O)Cc1csc(-c2cccs2)n1. The fourth-order valence-corrected chi connectivity index (χ4v) is 2.86. The lowest BCUT2D eigenvalue weighted by atomic mass is 10.2. The van der Waals surface area contributed by atoms with E-state index >= 15 is 0 Å². The highest BCUT2D eigenvalue weighted by molar-refractivity contribution is 7.20. The predicted molar refractivity (Wildman–Crippen MR) is 64.3 cm³/mol. The van der Waals surface area contributed by atoms with Gasteiger partial charge in [-0.25, -0.2) is 4.98 Å². The van der Waals surface area contributed by atoms with E-state index in [0.717, 1.165) is 9.88 Å². The number of nitrogens with zero attached hydrogens (tertiary/aromatic N) is 1. The molecule has 2 aromatic rings. The largest absolute Gasteiger partial charge is 0.383 e. The second-order valence-electron chi connectivity index (χ2n) is 3.24. The summed E-state index contributed by atoms with van der Waals surface area (Å²) >= 11 is 3.11. The van der Waals surface area contributed by atoms with Crippen LogP contribution in [0.1, 0.15) is 5.69 Å². The molecule has 0 saturated carbocycles. The third-order valence-electron chi connectivity index (χ3n) is 2.01. The van der Waals surface area contributed by atoms with E-state index in [1.165, 1.54) is 11.3 Å². The van der Waals surface area contributed by atoms with E-state index in [2.05, 4.69) is 4.98 Å². The summed E-state index contributed by atoms with van der Waals surface area (Å²) in [5.74, 6) is -0.717. The number of aliphatic hydroxyl groups is 1. The first kappa shape index (κ1) is 11.3. The Morgan fingerprint density at radius 3 is 3.00 bits per heavy atom. The molecule has 0 aliphatic carbocycles. The van der Waals surface area contributed by atoms with Gasteiger partial charge < -0.3 is 10.8 Å². The molecule has 0 bridgehead atoms. The van der Waals surface area contributed by atoms with E-state index in [9.17, 15) is 9.90 Å². The number of nitrogens with two attached hydrogens (primary N) is 1. The monoisotopic (exact) mass is 254 g/mol. The zero-order valence-corrected chi connectivity index (χ0v) is 9.92. The van der Waals surface area contributed by atoms with E-state index in [1.54, 1.807) is 11.3 Å². The number of primary amides is 1. The molecule has 4 nitrogen and oxygen atoms in total. The van der Waals surface area contributed by atoms with Crippen molar-refractivity contribution < 1.29 is 9.90 Å². The Hall–Kier alpha value is -1.24. The maximum Gasteiger partial charge on any atom is 0.246 e. The van der Waals surface area contributed by atoms with E-state index in [1.807, 2.05) is 22.9 Å². The van der Waals surface area contributed by atoms with Gasteiger partial charge in [-0.05, 0) is 11.4 Å². The van der Waals surface area contributed by atoms with Crippen LogP contribution in [-0.4, -0.2) is 22.1 Å². The molecule has 1 amide bonds. The summed E-state index contributed by atoms with van der Waals surface area (Å²) in [6, 6.07) is 3.94. The fraction of sp³-hybridized carbons (Fsp3) is 0.200. The lowest BCUT2D eigenvalue weighted by Crippen LogP contribution is -2.30. The number of amides is 1. The van der Waals surface area contributed by atoms with Gasteiger partial charge in [-0.2, -0.15) is 0 Å². The van der Waals surface area contributed by atoms with Crippen molar-refractivity contribution >= 4 is 28.6 Å². The van der Waals surface area contributed by atoms with Crippen LogP contribution in [0.5, 0.6) is 0 Å². The average Bonchev–Trinajstić information content (AvgIpc) is 2.85. The summed E-state index contributed by atoms with van der Waals surface area (Å²) in [5, 5.41) is 14.0. The highest BCUT2D eigenvalue weighted by atomic mass is 32.1. The molecule has 0 aromatic carbocycles. The summed E-state index contributed by atoms with van der Waals surface area (Å²) in [7, 11) is 0. The second kappa shape index (κ2) is 4.73. The number of rotatable bonds is 4. The normalized spacial score (nSPS) is 12.6. The molecule has 0 aliphatic rings. The minimum absolute atomic E-state index is 0.178. The molecule has 0 fully saturated rings. The zero-order chi connectivity index (χ0) is 11.5. The molecule has 0 spiro atoms. The van der Waals surface area contributed by atoms with Crippen LogP contribution in [-0.2, 0) is 11.2 Å². The molecule has 84 valence electrons. The van der Waals surface area contributed by atoms with Crippen LogP contribution in [0.2, 0.25) is 0 Å². The quantitative estimate of drug-likeness (QED) is 0.862. The van der Waals surface area contributed by atoms with Gasteiger partial charge in [0.15, 0.2) is 0 Å². The van der Waals surface area contributed by atoms with Gasteiger partial charge in [0.05, 0.1) is 10.6 Å². The highest BCUT2D eigenvalue weighted by Crippen LogP contribution is 2.27. The van der Waals surface area contributed by atoms with Crippen LogP contribution < -0.4 is 5.73 Å². The fourth-order valence-electron chi connectivity index (χ4n) is 1.21. The number of aromatic nitrogens is 1. The topological polar surface area (TPSA) is 76.2 Å². The third-order valence-corrected chi connectivity index (χ3v) is 3.94. The molecule has 1 unspecified atom stereocenters. The van der Waals surface area contributed by atoms with Crippen molar-refractivity contribution in [1.82, 2.24) is 4.98 Å². The Labute approximate surface area is 100 Å². The van der Waals surface area contributed by atoms with Gasteiger partial charge in [0, 0.05) is 11.8 Å². The van der Waals surface area contributed by atoms with E-state index in [4.69, 9.17) is 5.73 Å². The number of hydrogen-bond acceptors (Lipinski definition) is 5. The summed E-state index contributed by atoms with van der Waals surface area (Å²) in [6.45, 7) is 0. The zero-order valence-electron chi connectivity index (χ0n) is 8.29. The maximum absolute atomic E-state index is 10.7. The van der Waals surface area contributed by atoms with Crippen LogP contribution in [0.4, 0.5) is 0 Å². The Morgan fingerprint density at radius 2 is 2.38 bits per heavy atom. The first-order valence-electron chi connectivity index (χ1n) is 4.62. The number of thiophene rings is 1. The van der Waals surface area contributed by atoms with Crippen molar-refractivity contribution in [3.05, 3.63) is 28.6 Å². The van der Waals surface area contributed by atoms with Crippen molar-refractivity contribution in [3.8, 4) is 9.88 Å².